The number of nitrogens with zero attached hydrogens (tertiary/aromatic N) is 2. The summed E-state index contributed by atoms with van der Waals surface area (Å²) in [6.45, 7) is 2.26. The van der Waals surface area contributed by atoms with Gasteiger partial charge < -0.3 is 15.3 Å². The Hall–Kier alpha value is -2.11. The first-order valence-electron chi connectivity index (χ1n) is 6.11. The van der Waals surface area contributed by atoms with Crippen molar-refractivity contribution in [3.05, 3.63) is 30.1 Å². The van der Waals surface area contributed by atoms with E-state index in [0.717, 1.165) is 5.56 Å². The summed E-state index contributed by atoms with van der Waals surface area (Å²) in [4.78, 5) is 27.8. The van der Waals surface area contributed by atoms with Gasteiger partial charge in [0, 0.05) is 32.5 Å². The minimum atomic E-state index is -0.907. The second kappa shape index (κ2) is 7.35. The molecule has 1 heterocycles. The predicted octanol–water partition coefficient (Wildman–Crippen LogP) is 0.986. The van der Waals surface area contributed by atoms with Crippen LogP contribution < -0.4 is 5.32 Å². The van der Waals surface area contributed by atoms with E-state index in [9.17, 15) is 9.59 Å². The van der Waals surface area contributed by atoms with Gasteiger partial charge in [0.05, 0.1) is 5.92 Å². The lowest BCUT2D eigenvalue weighted by molar-refractivity contribution is -0.141. The molecule has 1 aromatic heterocycles. The van der Waals surface area contributed by atoms with Crippen LogP contribution in [0, 0.1) is 5.92 Å². The second-order valence-electron chi connectivity index (χ2n) is 4.46. The van der Waals surface area contributed by atoms with Gasteiger partial charge in [-0.3, -0.25) is 9.78 Å². The maximum Gasteiger partial charge on any atom is 0.317 e. The highest BCUT2D eigenvalue weighted by Gasteiger charge is 2.16. The molecule has 2 amide bonds. The number of aliphatic carboxylic acids is 1. The molecule has 2 N–H and O–H groups in total. The van der Waals surface area contributed by atoms with Crippen LogP contribution in [0.2, 0.25) is 0 Å². The molecule has 0 fully saturated rings. The van der Waals surface area contributed by atoms with Gasteiger partial charge in [0.2, 0.25) is 0 Å². The summed E-state index contributed by atoms with van der Waals surface area (Å²) < 4.78 is 0. The molecule has 0 radical (unpaired) electrons. The van der Waals surface area contributed by atoms with Gasteiger partial charge in [-0.2, -0.15) is 0 Å². The summed E-state index contributed by atoms with van der Waals surface area (Å²) >= 11 is 0. The van der Waals surface area contributed by atoms with Crippen LogP contribution in [-0.2, 0) is 11.2 Å². The Morgan fingerprint density at radius 3 is 2.84 bits per heavy atom. The summed E-state index contributed by atoms with van der Waals surface area (Å²) in [5.41, 5.74) is 1.05. The molecule has 0 bridgehead atoms. The first-order chi connectivity index (χ1) is 9.00. The molecule has 1 aromatic rings. The minimum Gasteiger partial charge on any atom is -0.481 e. The monoisotopic (exact) mass is 265 g/mol. The number of pyridine rings is 1. The fraction of sp³-hybridized carbons (Fsp3) is 0.462. The van der Waals surface area contributed by atoms with Gasteiger partial charge in [0.1, 0.15) is 0 Å². The Morgan fingerprint density at radius 2 is 2.26 bits per heavy atom. The Bertz CT molecular complexity index is 422. The number of rotatable bonds is 6. The van der Waals surface area contributed by atoms with E-state index in [1.54, 1.807) is 26.4 Å². The third-order valence-corrected chi connectivity index (χ3v) is 2.73. The quantitative estimate of drug-likeness (QED) is 0.803. The van der Waals surface area contributed by atoms with Gasteiger partial charge in [-0.15, -0.1) is 0 Å². The lowest BCUT2D eigenvalue weighted by Crippen LogP contribution is -2.41. The maximum absolute atomic E-state index is 11.7. The van der Waals surface area contributed by atoms with Gasteiger partial charge in [-0.05, 0) is 18.1 Å². The highest BCUT2D eigenvalue weighted by atomic mass is 16.4. The molecule has 0 aliphatic heterocycles. The van der Waals surface area contributed by atoms with Crippen LogP contribution in [0.25, 0.3) is 0 Å². The highest BCUT2D eigenvalue weighted by Crippen LogP contribution is 1.99. The molecule has 1 unspecified atom stereocenters. The normalized spacial score (nSPS) is 11.7. The molecule has 0 aliphatic rings. The van der Waals surface area contributed by atoms with E-state index in [-0.39, 0.29) is 12.6 Å². The number of carboxylic acid groups (broad SMARTS) is 1. The van der Waals surface area contributed by atoms with Gasteiger partial charge in [0.25, 0.3) is 0 Å². The maximum atomic E-state index is 11.7. The lowest BCUT2D eigenvalue weighted by atomic mass is 10.2. The van der Waals surface area contributed by atoms with Crippen LogP contribution in [-0.4, -0.2) is 47.1 Å². The van der Waals surface area contributed by atoms with E-state index in [1.807, 2.05) is 12.1 Å². The van der Waals surface area contributed by atoms with Crippen molar-refractivity contribution >= 4 is 12.0 Å². The first-order valence-corrected chi connectivity index (χ1v) is 6.11. The number of aromatic nitrogens is 1. The van der Waals surface area contributed by atoms with Crippen molar-refractivity contribution in [3.8, 4) is 0 Å². The van der Waals surface area contributed by atoms with Crippen LogP contribution in [0.1, 0.15) is 12.5 Å². The topological polar surface area (TPSA) is 82.5 Å². The molecule has 1 rings (SSSR count). The largest absolute Gasteiger partial charge is 0.481 e. The van der Waals surface area contributed by atoms with E-state index in [0.29, 0.717) is 13.0 Å². The average Bonchev–Trinajstić information content (AvgIpc) is 2.39. The first kappa shape index (κ1) is 14.9. The number of amides is 2. The summed E-state index contributed by atoms with van der Waals surface area (Å²) in [6, 6.07) is 3.52. The third-order valence-electron chi connectivity index (χ3n) is 2.73. The Morgan fingerprint density at radius 1 is 1.53 bits per heavy atom. The van der Waals surface area contributed by atoms with Crippen LogP contribution >= 0.6 is 0 Å². The molecule has 0 aliphatic carbocycles. The zero-order valence-corrected chi connectivity index (χ0v) is 11.2. The fourth-order valence-electron chi connectivity index (χ4n) is 1.57. The van der Waals surface area contributed by atoms with Gasteiger partial charge in [-0.25, -0.2) is 4.79 Å². The zero-order valence-electron chi connectivity index (χ0n) is 11.2. The molecule has 19 heavy (non-hydrogen) atoms. The smallest absolute Gasteiger partial charge is 0.317 e. The fourth-order valence-corrected chi connectivity index (χ4v) is 1.57. The number of hydrogen-bond donors (Lipinski definition) is 2. The van der Waals surface area contributed by atoms with Gasteiger partial charge >= 0.3 is 12.0 Å². The highest BCUT2D eigenvalue weighted by molar-refractivity contribution is 5.75. The molecule has 0 saturated heterocycles. The van der Waals surface area contributed by atoms with Crippen molar-refractivity contribution in [3.63, 3.8) is 0 Å². The van der Waals surface area contributed by atoms with Crippen LogP contribution in [0.3, 0.4) is 0 Å². The van der Waals surface area contributed by atoms with Crippen LogP contribution in [0.4, 0.5) is 4.79 Å². The van der Waals surface area contributed by atoms with Crippen molar-refractivity contribution in [2.24, 2.45) is 5.92 Å². The van der Waals surface area contributed by atoms with Crippen molar-refractivity contribution in [2.45, 2.75) is 13.3 Å². The van der Waals surface area contributed by atoms with E-state index in [2.05, 4.69) is 10.3 Å². The number of hydrogen-bond acceptors (Lipinski definition) is 3. The lowest BCUT2D eigenvalue weighted by Gasteiger charge is -2.19. The molecular formula is C13H19N3O3. The van der Waals surface area contributed by atoms with Gasteiger partial charge in [-0.1, -0.05) is 13.0 Å². The molecule has 6 nitrogen and oxygen atoms in total. The van der Waals surface area contributed by atoms with Gasteiger partial charge in [0.15, 0.2) is 0 Å². The summed E-state index contributed by atoms with van der Waals surface area (Å²) in [7, 11) is 1.58. The molecule has 0 saturated carbocycles. The number of carboxylic acids is 1. The molecule has 0 aromatic carbocycles. The molecule has 104 valence electrons. The molecule has 0 spiro atoms. The molecule has 6 heteroatoms. The number of urea groups is 1. The average molecular weight is 265 g/mol. The van der Waals surface area contributed by atoms with Crippen LogP contribution in [0.5, 0.6) is 0 Å². The third kappa shape index (κ3) is 5.37. The summed E-state index contributed by atoms with van der Waals surface area (Å²) in [5.74, 6) is -1.48. The standard InChI is InChI=1S/C13H19N3O3/c1-10(12(17)18)9-16(2)13(19)15-7-5-11-4-3-6-14-8-11/h3-4,6,8,10H,5,7,9H2,1-2H3,(H,15,19)(H,17,18). The Kier molecular flexibility index (Phi) is 5.78. The number of nitrogens with one attached hydrogen (secondary N) is 1. The Balaban J connectivity index is 2.29. The minimum absolute atomic E-state index is 0.189. The summed E-state index contributed by atoms with van der Waals surface area (Å²) in [5, 5.41) is 11.5. The van der Waals surface area contributed by atoms with Crippen molar-refractivity contribution < 1.29 is 14.7 Å². The summed E-state index contributed by atoms with van der Waals surface area (Å²) in [6.07, 6.45) is 4.15. The van der Waals surface area contributed by atoms with E-state index < -0.39 is 11.9 Å². The van der Waals surface area contributed by atoms with E-state index in [1.165, 1.54) is 4.90 Å². The Labute approximate surface area is 112 Å². The molecular weight excluding hydrogens is 246 g/mol. The zero-order chi connectivity index (χ0) is 14.3. The van der Waals surface area contributed by atoms with Crippen molar-refractivity contribution in [1.29, 1.82) is 0 Å². The van der Waals surface area contributed by atoms with Crippen molar-refractivity contribution in [1.82, 2.24) is 15.2 Å². The molecule has 1 atom stereocenters. The second-order valence-corrected chi connectivity index (χ2v) is 4.46. The van der Waals surface area contributed by atoms with E-state index >= 15 is 0 Å². The predicted molar refractivity (Wildman–Crippen MR) is 70.8 cm³/mol. The SMILES string of the molecule is CC(CN(C)C(=O)NCCc1cccnc1)C(=O)O. The van der Waals surface area contributed by atoms with Crippen LogP contribution in [0.15, 0.2) is 24.5 Å². The van der Waals surface area contributed by atoms with Crippen molar-refractivity contribution in [2.75, 3.05) is 20.1 Å². The van der Waals surface area contributed by atoms with E-state index in [4.69, 9.17) is 5.11 Å². The number of carbonyl (C=O) groups is 2. The number of carbonyl (C=O) groups excluding carboxylic acids is 1.